The van der Waals surface area contributed by atoms with Crippen LogP contribution in [0.3, 0.4) is 0 Å². The molecular weight excluding hydrogens is 168 g/mol. The van der Waals surface area contributed by atoms with Gasteiger partial charge in [-0.1, -0.05) is 0 Å². The van der Waals surface area contributed by atoms with Crippen LogP contribution in [0.15, 0.2) is 35.4 Å². The molecule has 0 aliphatic rings. The summed E-state index contributed by atoms with van der Waals surface area (Å²) in [6.07, 6.45) is 4.00. The first-order valence-corrected chi connectivity index (χ1v) is 4.65. The average molecular weight is 180 g/mol. The molecule has 0 unspecified atom stereocenters. The molecule has 0 aromatic carbocycles. The Morgan fingerprint density at radius 3 is 2.17 bits per heavy atom. The van der Waals surface area contributed by atoms with Crippen LogP contribution >= 0.6 is 11.3 Å². The summed E-state index contributed by atoms with van der Waals surface area (Å²) < 4.78 is 2.00. The van der Waals surface area contributed by atoms with E-state index in [4.69, 9.17) is 0 Å². The number of hydrogen-bond acceptors (Lipinski definition) is 2. The van der Waals surface area contributed by atoms with Crippen molar-refractivity contribution < 1.29 is 0 Å². The van der Waals surface area contributed by atoms with Gasteiger partial charge < -0.3 is 4.57 Å². The monoisotopic (exact) mass is 180 g/mol. The van der Waals surface area contributed by atoms with Gasteiger partial charge in [-0.25, -0.2) is 0 Å². The molecule has 0 saturated heterocycles. The van der Waals surface area contributed by atoms with Crippen molar-refractivity contribution in [3.05, 3.63) is 41.1 Å². The Hall–Kier alpha value is -1.09. The summed E-state index contributed by atoms with van der Waals surface area (Å²) in [6, 6.07) is 4.00. The molecule has 2 aromatic heterocycles. The first-order chi connectivity index (χ1) is 5.79. The van der Waals surface area contributed by atoms with E-state index in [1.807, 2.05) is 54.0 Å². The summed E-state index contributed by atoms with van der Waals surface area (Å²) in [4.78, 5) is 3.94. The van der Waals surface area contributed by atoms with Crippen molar-refractivity contribution in [1.82, 2.24) is 9.55 Å². The maximum Gasteiger partial charge on any atom is 0.0794 e. The Labute approximate surface area is 76.5 Å². The van der Waals surface area contributed by atoms with Crippen LogP contribution in [0.1, 0.15) is 5.69 Å². The molecule has 0 atom stereocenters. The van der Waals surface area contributed by atoms with Crippen molar-refractivity contribution >= 4 is 11.3 Å². The van der Waals surface area contributed by atoms with Crippen LogP contribution in [0.2, 0.25) is 0 Å². The first-order valence-electron chi connectivity index (χ1n) is 3.71. The predicted octanol–water partition coefficient (Wildman–Crippen LogP) is 2.48. The van der Waals surface area contributed by atoms with Crippen LogP contribution in [-0.2, 0) is 7.05 Å². The standard InChI is InChI=1S/C5H7N.C4H5NS/c1-6-4-2-3-5-6;1-4-2-6-3-5-4/h2-5H,1H3;2-3H,1H3. The molecule has 0 N–H and O–H groups in total. The van der Waals surface area contributed by atoms with Gasteiger partial charge in [-0.05, 0) is 19.1 Å². The molecule has 2 aromatic rings. The third-order valence-corrected chi connectivity index (χ3v) is 2.01. The number of aryl methyl sites for hydroxylation is 2. The maximum absolute atomic E-state index is 3.94. The lowest BCUT2D eigenvalue weighted by Crippen LogP contribution is -1.75. The smallest absolute Gasteiger partial charge is 0.0794 e. The number of aromatic nitrogens is 2. The van der Waals surface area contributed by atoms with Crippen molar-refractivity contribution in [2.24, 2.45) is 7.05 Å². The van der Waals surface area contributed by atoms with E-state index in [1.165, 1.54) is 0 Å². The number of nitrogens with zero attached hydrogens (tertiary/aromatic N) is 2. The molecule has 2 nitrogen and oxygen atoms in total. The van der Waals surface area contributed by atoms with Crippen LogP contribution in [0.5, 0.6) is 0 Å². The van der Waals surface area contributed by atoms with Gasteiger partial charge in [-0.15, -0.1) is 11.3 Å². The minimum Gasteiger partial charge on any atom is -0.357 e. The van der Waals surface area contributed by atoms with E-state index in [2.05, 4.69) is 4.98 Å². The fourth-order valence-electron chi connectivity index (χ4n) is 0.693. The first kappa shape index (κ1) is 9.00. The van der Waals surface area contributed by atoms with Gasteiger partial charge in [0.1, 0.15) is 0 Å². The minimum absolute atomic E-state index is 1.11. The lowest BCUT2D eigenvalue weighted by molar-refractivity contribution is 0.928. The zero-order chi connectivity index (χ0) is 8.81. The van der Waals surface area contributed by atoms with Crippen molar-refractivity contribution in [3.63, 3.8) is 0 Å². The molecule has 0 bridgehead atoms. The van der Waals surface area contributed by atoms with Gasteiger partial charge >= 0.3 is 0 Å². The fraction of sp³-hybridized carbons (Fsp3) is 0.222. The number of thiazole rings is 1. The van der Waals surface area contributed by atoms with Crippen LogP contribution in [-0.4, -0.2) is 9.55 Å². The zero-order valence-electron chi connectivity index (χ0n) is 7.27. The molecule has 0 amide bonds. The highest BCUT2D eigenvalue weighted by Crippen LogP contribution is 1.95. The molecule has 2 rings (SSSR count). The van der Waals surface area contributed by atoms with Gasteiger partial charge in [-0.3, -0.25) is 4.98 Å². The van der Waals surface area contributed by atoms with Crippen LogP contribution in [0, 0.1) is 6.92 Å². The molecule has 0 saturated carbocycles. The van der Waals surface area contributed by atoms with Gasteiger partial charge in [-0.2, -0.15) is 0 Å². The summed E-state index contributed by atoms with van der Waals surface area (Å²) in [7, 11) is 2.00. The molecule has 2 heterocycles. The molecule has 0 aliphatic heterocycles. The summed E-state index contributed by atoms with van der Waals surface area (Å²) in [6.45, 7) is 1.98. The Kier molecular flexibility index (Phi) is 3.54. The molecule has 0 aliphatic carbocycles. The lowest BCUT2D eigenvalue weighted by atomic mass is 10.6. The van der Waals surface area contributed by atoms with E-state index >= 15 is 0 Å². The van der Waals surface area contributed by atoms with Gasteiger partial charge in [0.25, 0.3) is 0 Å². The van der Waals surface area contributed by atoms with E-state index in [1.54, 1.807) is 11.3 Å². The number of rotatable bonds is 0. The molecule has 0 fully saturated rings. The molecule has 12 heavy (non-hydrogen) atoms. The van der Waals surface area contributed by atoms with E-state index in [-0.39, 0.29) is 0 Å². The zero-order valence-corrected chi connectivity index (χ0v) is 8.08. The SMILES string of the molecule is Cc1cscn1.Cn1cccc1. The van der Waals surface area contributed by atoms with Crippen LogP contribution in [0.25, 0.3) is 0 Å². The largest absolute Gasteiger partial charge is 0.357 e. The van der Waals surface area contributed by atoms with Crippen molar-refractivity contribution in [2.45, 2.75) is 6.92 Å². The molecular formula is C9H12N2S. The normalized spacial score (nSPS) is 8.83. The van der Waals surface area contributed by atoms with E-state index < -0.39 is 0 Å². The van der Waals surface area contributed by atoms with Crippen molar-refractivity contribution in [1.29, 1.82) is 0 Å². The predicted molar refractivity (Wildman–Crippen MR) is 52.3 cm³/mol. The fourth-order valence-corrected chi connectivity index (χ4v) is 1.24. The molecule has 64 valence electrons. The van der Waals surface area contributed by atoms with Gasteiger partial charge in [0.05, 0.1) is 5.51 Å². The Morgan fingerprint density at radius 2 is 2.00 bits per heavy atom. The Balaban J connectivity index is 0.000000120. The minimum atomic E-state index is 1.11. The quantitative estimate of drug-likeness (QED) is 0.609. The van der Waals surface area contributed by atoms with E-state index in [9.17, 15) is 0 Å². The van der Waals surface area contributed by atoms with E-state index in [0.29, 0.717) is 0 Å². The summed E-state index contributed by atoms with van der Waals surface area (Å²) in [5.74, 6) is 0. The van der Waals surface area contributed by atoms with E-state index in [0.717, 1.165) is 5.69 Å². The van der Waals surface area contributed by atoms with Gasteiger partial charge in [0.15, 0.2) is 0 Å². The topological polar surface area (TPSA) is 17.8 Å². The van der Waals surface area contributed by atoms with Crippen molar-refractivity contribution in [3.8, 4) is 0 Å². The summed E-state index contributed by atoms with van der Waals surface area (Å²) in [5, 5.41) is 2.01. The highest BCUT2D eigenvalue weighted by Gasteiger charge is 1.76. The number of hydrogen-bond donors (Lipinski definition) is 0. The highest BCUT2D eigenvalue weighted by molar-refractivity contribution is 7.07. The summed E-state index contributed by atoms with van der Waals surface area (Å²) >= 11 is 1.63. The lowest BCUT2D eigenvalue weighted by Gasteiger charge is -1.79. The third-order valence-electron chi connectivity index (χ3n) is 1.31. The molecule has 0 radical (unpaired) electrons. The highest BCUT2D eigenvalue weighted by atomic mass is 32.1. The van der Waals surface area contributed by atoms with Crippen molar-refractivity contribution in [2.75, 3.05) is 0 Å². The van der Waals surface area contributed by atoms with Gasteiger partial charge in [0, 0.05) is 30.5 Å². The molecule has 3 heteroatoms. The molecule has 0 spiro atoms. The second-order valence-corrected chi connectivity index (χ2v) is 3.20. The Morgan fingerprint density at radius 1 is 1.33 bits per heavy atom. The third kappa shape index (κ3) is 3.34. The maximum atomic E-state index is 3.94. The van der Waals surface area contributed by atoms with Gasteiger partial charge in [0.2, 0.25) is 0 Å². The summed E-state index contributed by atoms with van der Waals surface area (Å²) in [5.41, 5.74) is 2.94. The van der Waals surface area contributed by atoms with Crippen LogP contribution in [0.4, 0.5) is 0 Å². The Bertz CT molecular complexity index is 252. The second kappa shape index (κ2) is 4.72. The van der Waals surface area contributed by atoms with Crippen LogP contribution < -0.4 is 0 Å². The average Bonchev–Trinajstić information content (AvgIpc) is 2.63. The second-order valence-electron chi connectivity index (χ2n) is 2.48.